The molecule has 4 heteroatoms. The van der Waals surface area contributed by atoms with E-state index in [1.807, 2.05) is 42.5 Å². The molecule has 1 aliphatic rings. The number of ketones is 1. The van der Waals surface area contributed by atoms with Crippen molar-refractivity contribution in [3.05, 3.63) is 72.3 Å². The molecular formula is C18H16O3S. The van der Waals surface area contributed by atoms with Crippen molar-refractivity contribution in [1.82, 2.24) is 0 Å². The van der Waals surface area contributed by atoms with Crippen LogP contribution in [0.3, 0.4) is 0 Å². The van der Waals surface area contributed by atoms with Crippen LogP contribution in [0.15, 0.2) is 76.5 Å². The van der Waals surface area contributed by atoms with E-state index in [2.05, 4.69) is 12.1 Å². The monoisotopic (exact) mass is 312 g/mol. The number of hydrogen-bond donors (Lipinski definition) is 1. The Kier molecular flexibility index (Phi) is 4.16. The van der Waals surface area contributed by atoms with Gasteiger partial charge in [0.1, 0.15) is 0 Å². The highest BCUT2D eigenvalue weighted by molar-refractivity contribution is 7.99. The molecule has 3 rings (SSSR count). The molecule has 2 aromatic rings. The highest BCUT2D eigenvalue weighted by Crippen LogP contribution is 2.34. The molecule has 0 spiro atoms. The van der Waals surface area contributed by atoms with E-state index >= 15 is 0 Å². The Balaban J connectivity index is 1.82. The second-order valence-corrected chi connectivity index (χ2v) is 6.35. The number of carbonyl (C=O) groups is 1. The van der Waals surface area contributed by atoms with Gasteiger partial charge >= 0.3 is 0 Å². The zero-order chi connectivity index (χ0) is 15.6. The highest BCUT2D eigenvalue weighted by atomic mass is 32.2. The van der Waals surface area contributed by atoms with E-state index in [0.29, 0.717) is 0 Å². The zero-order valence-corrected chi connectivity index (χ0v) is 12.9. The summed E-state index contributed by atoms with van der Waals surface area (Å²) in [5.74, 6) is -0.165. The minimum Gasteiger partial charge on any atom is -0.365 e. The first-order chi connectivity index (χ1) is 10.6. The zero-order valence-electron chi connectivity index (χ0n) is 12.1. The van der Waals surface area contributed by atoms with E-state index < -0.39 is 11.9 Å². The third kappa shape index (κ3) is 2.99. The van der Waals surface area contributed by atoms with Crippen molar-refractivity contribution in [3.63, 3.8) is 0 Å². The van der Waals surface area contributed by atoms with Gasteiger partial charge in [0.15, 0.2) is 17.7 Å². The van der Waals surface area contributed by atoms with Crippen LogP contribution in [0.1, 0.15) is 12.5 Å². The van der Waals surface area contributed by atoms with Gasteiger partial charge in [0.05, 0.1) is 0 Å². The standard InChI is InChI=1S/C18H16O3S/c1-18(16(19)11-12-17(20)21-18)13-7-9-15(10-8-13)22-14-5-3-2-4-6-14/h2-12,17,20H,1H3/t17-,18+/m1/s1. The predicted octanol–water partition coefficient (Wildman–Crippen LogP) is 3.53. The topological polar surface area (TPSA) is 46.5 Å². The largest absolute Gasteiger partial charge is 0.365 e. The fourth-order valence-corrected chi connectivity index (χ4v) is 3.18. The molecule has 0 saturated heterocycles. The minimum absolute atomic E-state index is 0.165. The summed E-state index contributed by atoms with van der Waals surface area (Å²) in [7, 11) is 0. The third-order valence-electron chi connectivity index (χ3n) is 3.62. The number of carbonyl (C=O) groups excluding carboxylic acids is 1. The van der Waals surface area contributed by atoms with Gasteiger partial charge in [0.2, 0.25) is 0 Å². The minimum atomic E-state index is -1.13. The first-order valence-electron chi connectivity index (χ1n) is 7.00. The molecule has 0 radical (unpaired) electrons. The smallest absolute Gasteiger partial charge is 0.191 e. The number of hydrogen-bond acceptors (Lipinski definition) is 4. The molecule has 0 aliphatic carbocycles. The van der Waals surface area contributed by atoms with E-state index in [1.165, 1.54) is 12.2 Å². The second kappa shape index (κ2) is 6.08. The lowest BCUT2D eigenvalue weighted by atomic mass is 9.89. The molecule has 0 aromatic heterocycles. The molecule has 1 N–H and O–H groups in total. The van der Waals surface area contributed by atoms with Gasteiger partial charge in [-0.3, -0.25) is 4.79 Å². The van der Waals surface area contributed by atoms with Crippen LogP contribution in [0.5, 0.6) is 0 Å². The van der Waals surface area contributed by atoms with E-state index in [-0.39, 0.29) is 5.78 Å². The van der Waals surface area contributed by atoms with Gasteiger partial charge in [-0.25, -0.2) is 0 Å². The van der Waals surface area contributed by atoms with Gasteiger partial charge in [0, 0.05) is 9.79 Å². The van der Waals surface area contributed by atoms with Crippen LogP contribution in [0, 0.1) is 0 Å². The molecule has 0 unspecified atom stereocenters. The van der Waals surface area contributed by atoms with Crippen LogP contribution < -0.4 is 0 Å². The average molecular weight is 312 g/mol. The highest BCUT2D eigenvalue weighted by Gasteiger charge is 2.38. The maximum absolute atomic E-state index is 12.1. The summed E-state index contributed by atoms with van der Waals surface area (Å²) < 4.78 is 5.44. The molecule has 0 saturated carbocycles. The lowest BCUT2D eigenvalue weighted by Crippen LogP contribution is -2.40. The van der Waals surface area contributed by atoms with Gasteiger partial charge in [0.25, 0.3) is 0 Å². The fourth-order valence-electron chi connectivity index (χ4n) is 2.34. The normalized spacial score (nSPS) is 24.5. The van der Waals surface area contributed by atoms with Crippen molar-refractivity contribution < 1.29 is 14.6 Å². The number of rotatable bonds is 3. The van der Waals surface area contributed by atoms with Gasteiger partial charge in [-0.2, -0.15) is 0 Å². The number of aliphatic hydroxyl groups is 1. The van der Waals surface area contributed by atoms with Gasteiger partial charge in [-0.1, -0.05) is 42.1 Å². The predicted molar refractivity (Wildman–Crippen MR) is 85.6 cm³/mol. The summed E-state index contributed by atoms with van der Waals surface area (Å²) in [6.45, 7) is 1.68. The first kappa shape index (κ1) is 15.0. The molecule has 2 aromatic carbocycles. The van der Waals surface area contributed by atoms with Crippen LogP contribution >= 0.6 is 11.8 Å². The quantitative estimate of drug-likeness (QED) is 0.942. The first-order valence-corrected chi connectivity index (χ1v) is 7.81. The van der Waals surface area contributed by atoms with E-state index in [0.717, 1.165) is 15.4 Å². The summed E-state index contributed by atoms with van der Waals surface area (Å²) in [6, 6.07) is 17.7. The summed E-state index contributed by atoms with van der Waals surface area (Å²) in [4.78, 5) is 14.3. The lowest BCUT2D eigenvalue weighted by molar-refractivity contribution is -0.177. The fraction of sp³-hybridized carbons (Fsp3) is 0.167. The summed E-state index contributed by atoms with van der Waals surface area (Å²) in [5, 5.41) is 9.61. The Labute approximate surface area is 133 Å². The Hall–Kier alpha value is -1.88. The SMILES string of the molecule is C[C@@]1(c2ccc(Sc3ccccc3)cc2)O[C@@H](O)C=CC1=O. The maximum Gasteiger partial charge on any atom is 0.191 e. The summed E-state index contributed by atoms with van der Waals surface area (Å²) in [5.41, 5.74) is -0.400. The number of ether oxygens (including phenoxy) is 1. The van der Waals surface area contributed by atoms with Crippen molar-refractivity contribution in [1.29, 1.82) is 0 Å². The van der Waals surface area contributed by atoms with E-state index in [1.54, 1.807) is 18.7 Å². The Bertz CT molecular complexity index is 694. The molecular weight excluding hydrogens is 296 g/mol. The molecule has 0 amide bonds. The van der Waals surface area contributed by atoms with Gasteiger partial charge in [-0.05, 0) is 48.9 Å². The van der Waals surface area contributed by atoms with E-state index in [4.69, 9.17) is 4.74 Å². The summed E-state index contributed by atoms with van der Waals surface area (Å²) >= 11 is 1.65. The van der Waals surface area contributed by atoms with Crippen LogP contribution in [0.4, 0.5) is 0 Å². The average Bonchev–Trinajstić information content (AvgIpc) is 2.53. The van der Waals surface area contributed by atoms with Gasteiger partial charge in [-0.15, -0.1) is 0 Å². The van der Waals surface area contributed by atoms with Crippen molar-refractivity contribution in [2.45, 2.75) is 28.6 Å². The third-order valence-corrected chi connectivity index (χ3v) is 4.64. The van der Waals surface area contributed by atoms with Crippen LogP contribution in [0.2, 0.25) is 0 Å². The lowest BCUT2D eigenvalue weighted by Gasteiger charge is -2.32. The maximum atomic E-state index is 12.1. The molecule has 2 atom stereocenters. The Morgan fingerprint density at radius 3 is 2.36 bits per heavy atom. The molecule has 1 aliphatic heterocycles. The Morgan fingerprint density at radius 1 is 1.05 bits per heavy atom. The second-order valence-electron chi connectivity index (χ2n) is 5.20. The molecule has 3 nitrogen and oxygen atoms in total. The molecule has 0 bridgehead atoms. The van der Waals surface area contributed by atoms with Crippen molar-refractivity contribution in [2.75, 3.05) is 0 Å². The Morgan fingerprint density at radius 2 is 1.68 bits per heavy atom. The molecule has 112 valence electrons. The van der Waals surface area contributed by atoms with Gasteiger partial charge < -0.3 is 9.84 Å². The molecule has 22 heavy (non-hydrogen) atoms. The number of aliphatic hydroxyl groups excluding tert-OH is 1. The molecule has 0 fully saturated rings. The van der Waals surface area contributed by atoms with E-state index in [9.17, 15) is 9.90 Å². The van der Waals surface area contributed by atoms with Crippen LogP contribution in [-0.4, -0.2) is 17.2 Å². The summed E-state index contributed by atoms with van der Waals surface area (Å²) in [6.07, 6.45) is 1.67. The van der Waals surface area contributed by atoms with Crippen LogP contribution in [0.25, 0.3) is 0 Å². The molecule has 1 heterocycles. The van der Waals surface area contributed by atoms with Crippen molar-refractivity contribution in [2.24, 2.45) is 0 Å². The van der Waals surface area contributed by atoms with Crippen molar-refractivity contribution >= 4 is 17.5 Å². The van der Waals surface area contributed by atoms with Crippen molar-refractivity contribution in [3.8, 4) is 0 Å². The van der Waals surface area contributed by atoms with Crippen LogP contribution in [-0.2, 0) is 15.1 Å². The number of benzene rings is 2.